The summed E-state index contributed by atoms with van der Waals surface area (Å²) >= 11 is 6.00. The maximum absolute atomic E-state index is 13.8. The molecule has 1 amide bonds. The maximum atomic E-state index is 13.8. The van der Waals surface area contributed by atoms with Gasteiger partial charge in [-0.3, -0.25) is 14.5 Å². The van der Waals surface area contributed by atoms with Crippen molar-refractivity contribution in [1.29, 1.82) is 0 Å². The molecular formula is C25H25ClFNO5. The largest absolute Gasteiger partial charge is 0.502 e. The van der Waals surface area contributed by atoms with Gasteiger partial charge in [0.15, 0.2) is 17.3 Å². The number of carbonyl (C=O) groups excluding carboxylic acids is 2. The minimum Gasteiger partial charge on any atom is -0.502 e. The zero-order valence-corrected chi connectivity index (χ0v) is 19.6. The van der Waals surface area contributed by atoms with Crippen molar-refractivity contribution < 1.29 is 28.6 Å². The minimum absolute atomic E-state index is 0.0110. The van der Waals surface area contributed by atoms with Crippen LogP contribution in [0.2, 0.25) is 5.02 Å². The van der Waals surface area contributed by atoms with Gasteiger partial charge < -0.3 is 14.6 Å². The first-order valence-corrected chi connectivity index (χ1v) is 10.9. The number of ether oxygens (including phenoxy) is 2. The molecule has 0 radical (unpaired) electrons. The van der Waals surface area contributed by atoms with Gasteiger partial charge in [0.25, 0.3) is 0 Å². The molecule has 0 fully saturated rings. The van der Waals surface area contributed by atoms with Crippen LogP contribution in [0, 0.1) is 11.2 Å². The van der Waals surface area contributed by atoms with Crippen molar-refractivity contribution in [2.45, 2.75) is 39.0 Å². The Kier molecular flexibility index (Phi) is 5.86. The predicted molar refractivity (Wildman–Crippen MR) is 123 cm³/mol. The van der Waals surface area contributed by atoms with Crippen LogP contribution in [0.25, 0.3) is 0 Å². The molecule has 2 aromatic rings. The number of benzene rings is 2. The number of phenolic OH excluding ortho intramolecular Hbond substituents is 1. The van der Waals surface area contributed by atoms with E-state index in [-0.39, 0.29) is 45.8 Å². The number of phenols is 1. The third-order valence-electron chi connectivity index (χ3n) is 6.21. The van der Waals surface area contributed by atoms with E-state index >= 15 is 0 Å². The molecule has 33 heavy (non-hydrogen) atoms. The van der Waals surface area contributed by atoms with Crippen LogP contribution in [-0.2, 0) is 9.59 Å². The summed E-state index contributed by atoms with van der Waals surface area (Å²) in [4.78, 5) is 28.4. The summed E-state index contributed by atoms with van der Waals surface area (Å²) in [6, 6.07) is 7.35. The van der Waals surface area contributed by atoms with Crippen molar-refractivity contribution in [3.63, 3.8) is 0 Å². The molecule has 4 rings (SSSR count). The summed E-state index contributed by atoms with van der Waals surface area (Å²) in [7, 11) is 2.84. The lowest BCUT2D eigenvalue weighted by atomic mass is 9.69. The topological polar surface area (TPSA) is 76.1 Å². The van der Waals surface area contributed by atoms with E-state index in [4.69, 9.17) is 21.1 Å². The molecule has 1 atom stereocenters. The molecule has 8 heteroatoms. The van der Waals surface area contributed by atoms with E-state index in [1.165, 1.54) is 37.3 Å². The van der Waals surface area contributed by atoms with Gasteiger partial charge in [0.2, 0.25) is 11.7 Å². The van der Waals surface area contributed by atoms with Gasteiger partial charge in [-0.2, -0.15) is 0 Å². The smallest absolute Gasteiger partial charge is 0.232 e. The molecule has 2 aliphatic rings. The first-order valence-electron chi connectivity index (χ1n) is 10.6. The van der Waals surface area contributed by atoms with Crippen molar-refractivity contribution in [1.82, 2.24) is 0 Å². The van der Waals surface area contributed by atoms with Crippen LogP contribution >= 0.6 is 11.6 Å². The molecule has 6 nitrogen and oxygen atoms in total. The Bertz CT molecular complexity index is 1160. The average molecular weight is 474 g/mol. The van der Waals surface area contributed by atoms with E-state index in [1.54, 1.807) is 12.1 Å². The van der Waals surface area contributed by atoms with E-state index in [0.29, 0.717) is 35.4 Å². The highest BCUT2D eigenvalue weighted by Gasteiger charge is 2.44. The zero-order chi connectivity index (χ0) is 24.1. The Morgan fingerprint density at radius 1 is 1.09 bits per heavy atom. The summed E-state index contributed by atoms with van der Waals surface area (Å²) in [6.45, 7) is 3.95. The zero-order valence-electron chi connectivity index (χ0n) is 18.9. The fourth-order valence-corrected chi connectivity index (χ4v) is 4.91. The molecule has 1 heterocycles. The van der Waals surface area contributed by atoms with E-state index in [9.17, 15) is 19.1 Å². The minimum atomic E-state index is -0.583. The summed E-state index contributed by atoms with van der Waals surface area (Å²) in [5.41, 5.74) is 1.82. The number of hydrogen-bond donors (Lipinski definition) is 1. The molecule has 0 spiro atoms. The molecule has 0 saturated heterocycles. The van der Waals surface area contributed by atoms with Gasteiger partial charge in [-0.1, -0.05) is 25.4 Å². The Hall–Kier alpha value is -3.06. The molecule has 0 saturated carbocycles. The second-order valence-corrected chi connectivity index (χ2v) is 9.57. The Morgan fingerprint density at radius 2 is 1.73 bits per heavy atom. The van der Waals surface area contributed by atoms with Gasteiger partial charge in [0, 0.05) is 30.0 Å². The second-order valence-electron chi connectivity index (χ2n) is 9.16. The number of halogens is 2. The summed E-state index contributed by atoms with van der Waals surface area (Å²) in [5, 5.41) is 10.2. The predicted octanol–water partition coefficient (Wildman–Crippen LogP) is 5.37. The number of aromatic hydroxyl groups is 1. The third kappa shape index (κ3) is 4.06. The Morgan fingerprint density at radius 3 is 2.30 bits per heavy atom. The Balaban J connectivity index is 1.93. The fraction of sp³-hybridized carbons (Fsp3) is 0.360. The number of nitrogens with zero attached hydrogens (tertiary/aromatic N) is 1. The molecular weight excluding hydrogens is 449 g/mol. The van der Waals surface area contributed by atoms with Crippen LogP contribution in [0.15, 0.2) is 41.6 Å². The normalized spacial score (nSPS) is 20.1. The number of carbonyl (C=O) groups is 2. The molecule has 2 aromatic carbocycles. The number of hydrogen-bond acceptors (Lipinski definition) is 5. The highest BCUT2D eigenvalue weighted by Crippen LogP contribution is 2.50. The second kappa shape index (κ2) is 8.37. The van der Waals surface area contributed by atoms with Crippen molar-refractivity contribution in [3.05, 3.63) is 58.0 Å². The fourth-order valence-electron chi connectivity index (χ4n) is 4.74. The van der Waals surface area contributed by atoms with E-state index < -0.39 is 11.7 Å². The monoisotopic (exact) mass is 473 g/mol. The Labute approximate surface area is 196 Å². The van der Waals surface area contributed by atoms with E-state index in [1.807, 2.05) is 13.8 Å². The molecule has 1 unspecified atom stereocenters. The molecule has 1 N–H and O–H groups in total. The summed E-state index contributed by atoms with van der Waals surface area (Å²) in [5.74, 6) is -1.18. The van der Waals surface area contributed by atoms with Crippen LogP contribution in [0.5, 0.6) is 17.2 Å². The lowest BCUT2D eigenvalue weighted by Gasteiger charge is -2.43. The highest BCUT2D eigenvalue weighted by atomic mass is 35.5. The lowest BCUT2D eigenvalue weighted by molar-refractivity contribution is -0.121. The maximum Gasteiger partial charge on any atom is 0.232 e. The van der Waals surface area contributed by atoms with Gasteiger partial charge in [-0.05, 0) is 47.7 Å². The average Bonchev–Trinajstić information content (AvgIpc) is 2.74. The number of allylic oxidation sites excluding steroid dienone is 2. The number of rotatable bonds is 4. The number of anilines is 1. The summed E-state index contributed by atoms with van der Waals surface area (Å²) in [6.07, 6.45) is 0.829. The number of Topliss-reactive ketones (excluding diaryl/α,β-unsaturated/α-hetero) is 1. The van der Waals surface area contributed by atoms with Gasteiger partial charge in [0.1, 0.15) is 5.82 Å². The van der Waals surface area contributed by atoms with Crippen LogP contribution in [0.4, 0.5) is 10.1 Å². The van der Waals surface area contributed by atoms with Crippen molar-refractivity contribution in [3.8, 4) is 17.2 Å². The molecule has 0 aromatic heterocycles. The van der Waals surface area contributed by atoms with Crippen LogP contribution < -0.4 is 14.4 Å². The third-order valence-corrected chi connectivity index (χ3v) is 6.50. The highest BCUT2D eigenvalue weighted by molar-refractivity contribution is 6.31. The van der Waals surface area contributed by atoms with Crippen LogP contribution in [-0.4, -0.2) is 31.0 Å². The van der Waals surface area contributed by atoms with Crippen molar-refractivity contribution in [2.24, 2.45) is 5.41 Å². The molecule has 0 bridgehead atoms. The SMILES string of the molecule is COc1cc(C2CC(=O)N(c3ccc(F)c(Cl)c3)C3=C2C(=O)CC(C)(C)C3)cc(OC)c1O. The number of ketones is 1. The van der Waals surface area contributed by atoms with E-state index in [2.05, 4.69) is 0 Å². The van der Waals surface area contributed by atoms with E-state index in [0.717, 1.165) is 0 Å². The first kappa shape index (κ1) is 23.1. The standard InChI is InChI=1S/C25H25ClFNO5/c1-25(2)11-18-23(19(29)12-25)15(13-7-20(32-3)24(31)21(8-13)33-4)10-22(30)28(18)14-5-6-17(27)16(26)9-14/h5-9,15,31H,10-12H2,1-4H3. The van der Waals surface area contributed by atoms with Gasteiger partial charge in [-0.15, -0.1) is 0 Å². The van der Waals surface area contributed by atoms with Gasteiger partial charge >= 0.3 is 0 Å². The van der Waals surface area contributed by atoms with Crippen LogP contribution in [0.3, 0.4) is 0 Å². The summed E-state index contributed by atoms with van der Waals surface area (Å²) < 4.78 is 24.4. The van der Waals surface area contributed by atoms with Gasteiger partial charge in [0.05, 0.1) is 24.9 Å². The molecule has 1 aliphatic carbocycles. The van der Waals surface area contributed by atoms with Gasteiger partial charge in [-0.25, -0.2) is 4.39 Å². The number of methoxy groups -OCH3 is 2. The molecule has 1 aliphatic heterocycles. The quantitative estimate of drug-likeness (QED) is 0.646. The van der Waals surface area contributed by atoms with Crippen molar-refractivity contribution >= 4 is 29.0 Å². The lowest BCUT2D eigenvalue weighted by Crippen LogP contribution is -2.43. The number of amides is 1. The van der Waals surface area contributed by atoms with Crippen LogP contribution in [0.1, 0.15) is 44.6 Å². The first-order chi connectivity index (χ1) is 15.6. The van der Waals surface area contributed by atoms with Crippen molar-refractivity contribution in [2.75, 3.05) is 19.1 Å². The molecule has 174 valence electrons.